The fraction of sp³-hybridized carbons (Fsp3) is 0.819. The summed E-state index contributed by atoms with van der Waals surface area (Å²) in [6.07, 6.45) is 85.2. The van der Waals surface area contributed by atoms with Crippen LogP contribution in [0.15, 0.2) is 60.8 Å². The van der Waals surface area contributed by atoms with Gasteiger partial charge in [-0.15, -0.1) is 0 Å². The topological polar surface area (TPSA) is 78.9 Å². The maximum absolute atomic E-state index is 12.9. The predicted octanol–water partition coefficient (Wildman–Crippen LogP) is 23.5. The van der Waals surface area contributed by atoms with E-state index in [-0.39, 0.29) is 31.1 Å². The molecule has 0 spiro atoms. The van der Waals surface area contributed by atoms with Crippen molar-refractivity contribution in [2.24, 2.45) is 0 Å². The number of esters is 3. The first kappa shape index (κ1) is 75.1. The molecule has 0 aliphatic carbocycles. The molecule has 6 heteroatoms. The lowest BCUT2D eigenvalue weighted by atomic mass is 10.0. The standard InChI is InChI=1S/C72H130O6/c1-4-7-10-13-16-19-22-25-28-30-32-33-34-35-36-37-38-39-41-42-44-47-50-53-56-59-62-65-71(74)77-68-69(67-76-70(73)64-61-58-55-52-49-46-27-24-21-18-15-12-9-6-3)78-72(75)66-63-60-57-54-51-48-45-43-40-31-29-26-23-20-17-14-11-8-5-2/h17,20,22,25-26,29-30,32,34-35,69H,4-16,18-19,21,23-24,27-28,31,33,36-68H2,1-3H3/b20-17-,25-22-,29-26-,32-30-,35-34-. The van der Waals surface area contributed by atoms with E-state index in [1.54, 1.807) is 0 Å². The molecule has 0 aliphatic heterocycles. The van der Waals surface area contributed by atoms with Crippen molar-refractivity contribution >= 4 is 17.9 Å². The Morgan fingerprint density at radius 1 is 0.256 bits per heavy atom. The molecule has 0 saturated carbocycles. The second-order valence-electron chi connectivity index (χ2n) is 23.1. The van der Waals surface area contributed by atoms with Crippen LogP contribution in [-0.2, 0) is 28.6 Å². The van der Waals surface area contributed by atoms with Crippen molar-refractivity contribution in [3.05, 3.63) is 60.8 Å². The minimum absolute atomic E-state index is 0.0722. The number of hydrogen-bond donors (Lipinski definition) is 0. The lowest BCUT2D eigenvalue weighted by Gasteiger charge is -2.18. The van der Waals surface area contributed by atoms with Crippen molar-refractivity contribution < 1.29 is 28.6 Å². The van der Waals surface area contributed by atoms with E-state index in [1.807, 2.05) is 0 Å². The Morgan fingerprint density at radius 2 is 0.462 bits per heavy atom. The highest BCUT2D eigenvalue weighted by Gasteiger charge is 2.19. The fourth-order valence-corrected chi connectivity index (χ4v) is 10.1. The molecule has 1 unspecified atom stereocenters. The Bertz CT molecular complexity index is 1390. The van der Waals surface area contributed by atoms with Crippen LogP contribution in [0.25, 0.3) is 0 Å². The zero-order valence-electron chi connectivity index (χ0n) is 52.2. The van der Waals surface area contributed by atoms with E-state index in [1.165, 1.54) is 244 Å². The molecule has 0 fully saturated rings. The Kier molecular flexibility index (Phi) is 64.2. The minimum atomic E-state index is -0.776. The highest BCUT2D eigenvalue weighted by molar-refractivity contribution is 5.71. The highest BCUT2D eigenvalue weighted by Crippen LogP contribution is 2.17. The van der Waals surface area contributed by atoms with Crippen LogP contribution in [0, 0.1) is 0 Å². The van der Waals surface area contributed by atoms with Gasteiger partial charge in [0.2, 0.25) is 0 Å². The molecule has 78 heavy (non-hydrogen) atoms. The van der Waals surface area contributed by atoms with Crippen molar-refractivity contribution in [1.29, 1.82) is 0 Å². The summed E-state index contributed by atoms with van der Waals surface area (Å²) in [7, 11) is 0. The predicted molar refractivity (Wildman–Crippen MR) is 339 cm³/mol. The lowest BCUT2D eigenvalue weighted by molar-refractivity contribution is -0.167. The summed E-state index contributed by atoms with van der Waals surface area (Å²) in [4.78, 5) is 38.4. The smallest absolute Gasteiger partial charge is 0.306 e. The molecule has 0 amide bonds. The summed E-state index contributed by atoms with van der Waals surface area (Å²) >= 11 is 0. The average molecular weight is 1090 g/mol. The van der Waals surface area contributed by atoms with E-state index in [4.69, 9.17) is 14.2 Å². The van der Waals surface area contributed by atoms with Crippen LogP contribution >= 0.6 is 0 Å². The van der Waals surface area contributed by atoms with Crippen molar-refractivity contribution in [3.8, 4) is 0 Å². The number of unbranched alkanes of at least 4 members (excludes halogenated alkanes) is 42. The van der Waals surface area contributed by atoms with Gasteiger partial charge >= 0.3 is 17.9 Å². The van der Waals surface area contributed by atoms with Gasteiger partial charge in [-0.1, -0.05) is 313 Å². The number of rotatable bonds is 63. The van der Waals surface area contributed by atoms with Crippen molar-refractivity contribution in [2.75, 3.05) is 13.2 Å². The van der Waals surface area contributed by atoms with Gasteiger partial charge in [0.25, 0.3) is 0 Å². The van der Waals surface area contributed by atoms with Gasteiger partial charge in [-0.3, -0.25) is 14.4 Å². The molecular formula is C72H130O6. The van der Waals surface area contributed by atoms with E-state index in [0.717, 1.165) is 77.0 Å². The SMILES string of the molecule is CCCCC/C=C\C/C=C\CCCCCCCCCCCC(=O)OC(COC(=O)CCCCCCCCCCCCCC/C=C\C/C=C\C/C=C\CCCCCCC)COC(=O)CCCCCCCCCCCCCCCC. The number of carbonyl (C=O) groups excluding carboxylic acids is 3. The fourth-order valence-electron chi connectivity index (χ4n) is 10.1. The van der Waals surface area contributed by atoms with Crippen LogP contribution in [0.1, 0.15) is 361 Å². The van der Waals surface area contributed by atoms with E-state index >= 15 is 0 Å². The number of ether oxygens (including phenoxy) is 3. The molecule has 0 aliphatic rings. The van der Waals surface area contributed by atoms with E-state index < -0.39 is 6.10 Å². The van der Waals surface area contributed by atoms with Gasteiger partial charge in [-0.25, -0.2) is 0 Å². The second kappa shape index (κ2) is 66.6. The summed E-state index contributed by atoms with van der Waals surface area (Å²) < 4.78 is 17.0. The average Bonchev–Trinajstić information content (AvgIpc) is 3.44. The lowest BCUT2D eigenvalue weighted by Crippen LogP contribution is -2.30. The third-order valence-corrected chi connectivity index (χ3v) is 15.2. The first-order valence-electron chi connectivity index (χ1n) is 34.3. The maximum atomic E-state index is 12.9. The van der Waals surface area contributed by atoms with E-state index in [0.29, 0.717) is 19.3 Å². The van der Waals surface area contributed by atoms with Gasteiger partial charge in [0.1, 0.15) is 13.2 Å². The largest absolute Gasteiger partial charge is 0.462 e. The number of allylic oxidation sites excluding steroid dienone is 10. The van der Waals surface area contributed by atoms with Crippen LogP contribution in [0.4, 0.5) is 0 Å². The normalized spacial score (nSPS) is 12.4. The zero-order valence-corrected chi connectivity index (χ0v) is 52.2. The van der Waals surface area contributed by atoms with Crippen LogP contribution in [0.3, 0.4) is 0 Å². The third kappa shape index (κ3) is 63.9. The molecule has 0 radical (unpaired) electrons. The monoisotopic (exact) mass is 1090 g/mol. The highest BCUT2D eigenvalue weighted by atomic mass is 16.6. The quantitative estimate of drug-likeness (QED) is 0.0261. The molecule has 0 bridgehead atoms. The molecule has 0 rings (SSSR count). The maximum Gasteiger partial charge on any atom is 0.306 e. The first-order valence-corrected chi connectivity index (χ1v) is 34.3. The van der Waals surface area contributed by atoms with Crippen molar-refractivity contribution in [1.82, 2.24) is 0 Å². The van der Waals surface area contributed by atoms with Gasteiger partial charge < -0.3 is 14.2 Å². The first-order chi connectivity index (χ1) is 38.5. The molecule has 0 N–H and O–H groups in total. The van der Waals surface area contributed by atoms with Gasteiger partial charge in [0, 0.05) is 19.3 Å². The van der Waals surface area contributed by atoms with E-state index in [2.05, 4.69) is 81.5 Å². The van der Waals surface area contributed by atoms with Crippen molar-refractivity contribution in [2.45, 2.75) is 367 Å². The molecular weight excluding hydrogens is 961 g/mol. The van der Waals surface area contributed by atoms with Gasteiger partial charge in [-0.2, -0.15) is 0 Å². The Labute approximate surface area is 485 Å². The molecule has 6 nitrogen and oxygen atoms in total. The Morgan fingerprint density at radius 3 is 0.744 bits per heavy atom. The Balaban J connectivity index is 4.27. The summed E-state index contributed by atoms with van der Waals surface area (Å²) in [6, 6.07) is 0. The van der Waals surface area contributed by atoms with Crippen LogP contribution < -0.4 is 0 Å². The second-order valence-corrected chi connectivity index (χ2v) is 23.1. The minimum Gasteiger partial charge on any atom is -0.462 e. The third-order valence-electron chi connectivity index (χ3n) is 15.2. The number of carbonyl (C=O) groups is 3. The summed E-state index contributed by atoms with van der Waals surface area (Å²) in [5.74, 6) is -0.856. The van der Waals surface area contributed by atoms with Crippen LogP contribution in [-0.4, -0.2) is 37.2 Å². The van der Waals surface area contributed by atoms with Crippen molar-refractivity contribution in [3.63, 3.8) is 0 Å². The summed E-state index contributed by atoms with van der Waals surface area (Å²) in [6.45, 7) is 6.65. The van der Waals surface area contributed by atoms with Gasteiger partial charge in [0.05, 0.1) is 0 Å². The Hall–Kier alpha value is -2.89. The van der Waals surface area contributed by atoms with E-state index in [9.17, 15) is 14.4 Å². The van der Waals surface area contributed by atoms with Crippen LogP contribution in [0.2, 0.25) is 0 Å². The van der Waals surface area contributed by atoms with Crippen LogP contribution in [0.5, 0.6) is 0 Å². The number of hydrogen-bond acceptors (Lipinski definition) is 6. The molecule has 0 saturated heterocycles. The molecule has 0 heterocycles. The van der Waals surface area contributed by atoms with Gasteiger partial charge in [0.15, 0.2) is 6.10 Å². The molecule has 1 atom stereocenters. The zero-order chi connectivity index (χ0) is 56.4. The molecule has 0 aromatic carbocycles. The molecule has 454 valence electrons. The van der Waals surface area contributed by atoms with Gasteiger partial charge in [-0.05, 0) is 89.9 Å². The molecule has 0 aromatic rings. The molecule has 0 aromatic heterocycles. The summed E-state index contributed by atoms with van der Waals surface area (Å²) in [5, 5.41) is 0. The summed E-state index contributed by atoms with van der Waals surface area (Å²) in [5.41, 5.74) is 0.